The fourth-order valence-corrected chi connectivity index (χ4v) is 2.28. The molecule has 2 N–H and O–H groups in total. The van der Waals surface area contributed by atoms with Crippen molar-refractivity contribution in [2.45, 2.75) is 13.0 Å². The molecule has 0 saturated heterocycles. The van der Waals surface area contributed by atoms with E-state index in [2.05, 4.69) is 21.4 Å². The molecule has 144 valence electrons. The van der Waals surface area contributed by atoms with Crippen molar-refractivity contribution in [2.75, 3.05) is 18.5 Å². The molecule has 1 heterocycles. The molecular formula is C20H20N4O4. The first-order chi connectivity index (χ1) is 13.6. The Morgan fingerprint density at radius 1 is 1.25 bits per heavy atom. The number of carbonyl (C=O) groups is 2. The summed E-state index contributed by atoms with van der Waals surface area (Å²) in [6, 6.07) is 13.8. The molecular weight excluding hydrogens is 360 g/mol. The van der Waals surface area contributed by atoms with Crippen LogP contribution in [0.3, 0.4) is 0 Å². The lowest BCUT2D eigenvalue weighted by molar-refractivity contribution is -0.114. The summed E-state index contributed by atoms with van der Waals surface area (Å²) >= 11 is 0. The van der Waals surface area contributed by atoms with E-state index >= 15 is 0 Å². The number of rotatable bonds is 8. The Kier molecular flexibility index (Phi) is 7.54. The van der Waals surface area contributed by atoms with E-state index in [4.69, 9.17) is 11.3 Å². The number of carboxylic acid groups (broad SMARTS) is 1. The maximum atomic E-state index is 12.0. The minimum absolute atomic E-state index is 0.0379. The van der Waals surface area contributed by atoms with Crippen LogP contribution in [0.25, 0.3) is 0 Å². The molecule has 0 aliphatic carbocycles. The van der Waals surface area contributed by atoms with E-state index in [1.54, 1.807) is 42.5 Å². The maximum Gasteiger partial charge on any atom is 0.413 e. The van der Waals surface area contributed by atoms with Gasteiger partial charge in [-0.25, -0.2) is 9.78 Å². The summed E-state index contributed by atoms with van der Waals surface area (Å²) in [7, 11) is 1.50. The zero-order valence-corrected chi connectivity index (χ0v) is 15.3. The predicted molar refractivity (Wildman–Crippen MR) is 105 cm³/mol. The fraction of sp³-hybridized carbons (Fsp3) is 0.200. The Hall–Kier alpha value is -3.86. The Balaban J connectivity index is 2.15. The number of nitrogens with zero attached hydrogens (tertiary/aromatic N) is 3. The van der Waals surface area contributed by atoms with E-state index in [0.29, 0.717) is 11.3 Å². The van der Waals surface area contributed by atoms with Gasteiger partial charge in [0.05, 0.1) is 5.69 Å². The smallest absolute Gasteiger partial charge is 0.413 e. The summed E-state index contributed by atoms with van der Waals surface area (Å²) in [6.07, 6.45) is 4.33. The van der Waals surface area contributed by atoms with Gasteiger partial charge in [-0.1, -0.05) is 41.6 Å². The quantitative estimate of drug-likeness (QED) is 0.415. The number of anilines is 1. The van der Waals surface area contributed by atoms with Gasteiger partial charge in [0.2, 0.25) is 0 Å². The molecule has 0 aliphatic heterocycles. The number of pyridine rings is 1. The second kappa shape index (κ2) is 10.3. The van der Waals surface area contributed by atoms with Crippen molar-refractivity contribution < 1.29 is 19.5 Å². The number of oxime groups is 1. The Morgan fingerprint density at radius 2 is 2.00 bits per heavy atom. The molecule has 0 bridgehead atoms. The molecule has 8 nitrogen and oxygen atoms in total. The zero-order chi connectivity index (χ0) is 20.4. The molecule has 0 unspecified atom stereocenters. The standard InChI is InChI=1S/C20H20N4O4/c1-3-4-13-24(20(26)27)17-12-8-11-16(22-17)14-28-23-18(19(25)21-2)15-9-6-5-7-10-15/h1,5-12H,4,13-14H2,2H3,(H,21,25)(H,26,27). The number of amides is 2. The van der Waals surface area contributed by atoms with Gasteiger partial charge in [0.1, 0.15) is 5.82 Å². The molecule has 1 aromatic heterocycles. The van der Waals surface area contributed by atoms with E-state index in [1.165, 1.54) is 7.05 Å². The monoisotopic (exact) mass is 380 g/mol. The van der Waals surface area contributed by atoms with Crippen LogP contribution in [0.5, 0.6) is 0 Å². The van der Waals surface area contributed by atoms with Crippen LogP contribution in [-0.4, -0.2) is 41.4 Å². The van der Waals surface area contributed by atoms with Crippen LogP contribution >= 0.6 is 0 Å². The average molecular weight is 380 g/mol. The first kappa shape index (κ1) is 20.5. The maximum absolute atomic E-state index is 12.0. The number of likely N-dealkylation sites (N-methyl/N-ethyl adjacent to an activating group) is 1. The van der Waals surface area contributed by atoms with Crippen LogP contribution in [0.15, 0.2) is 53.7 Å². The van der Waals surface area contributed by atoms with Gasteiger partial charge in [-0.3, -0.25) is 9.69 Å². The molecule has 28 heavy (non-hydrogen) atoms. The summed E-state index contributed by atoms with van der Waals surface area (Å²) in [5.41, 5.74) is 1.19. The van der Waals surface area contributed by atoms with E-state index < -0.39 is 6.09 Å². The van der Waals surface area contributed by atoms with Crippen LogP contribution in [-0.2, 0) is 16.2 Å². The van der Waals surface area contributed by atoms with Crippen LogP contribution in [0.1, 0.15) is 17.7 Å². The number of hydrogen-bond donors (Lipinski definition) is 2. The predicted octanol–water partition coefficient (Wildman–Crippen LogP) is 2.26. The summed E-state index contributed by atoms with van der Waals surface area (Å²) < 4.78 is 0. The lowest BCUT2D eigenvalue weighted by Gasteiger charge is -2.17. The average Bonchev–Trinajstić information content (AvgIpc) is 2.72. The van der Waals surface area contributed by atoms with Crippen LogP contribution in [0.2, 0.25) is 0 Å². The van der Waals surface area contributed by atoms with Gasteiger partial charge < -0.3 is 15.3 Å². The van der Waals surface area contributed by atoms with Crippen LogP contribution in [0, 0.1) is 12.3 Å². The Bertz CT molecular complexity index is 891. The molecule has 0 radical (unpaired) electrons. The van der Waals surface area contributed by atoms with Crippen molar-refractivity contribution in [3.8, 4) is 12.3 Å². The van der Waals surface area contributed by atoms with Gasteiger partial charge in [0.25, 0.3) is 5.91 Å². The van der Waals surface area contributed by atoms with Gasteiger partial charge >= 0.3 is 6.09 Å². The largest absolute Gasteiger partial charge is 0.465 e. The van der Waals surface area contributed by atoms with Crippen molar-refractivity contribution in [3.05, 3.63) is 59.8 Å². The van der Waals surface area contributed by atoms with Gasteiger partial charge in [-0.15, -0.1) is 12.3 Å². The summed E-state index contributed by atoms with van der Waals surface area (Å²) in [5.74, 6) is 2.25. The highest BCUT2D eigenvalue weighted by atomic mass is 16.6. The number of aromatic nitrogens is 1. The van der Waals surface area contributed by atoms with E-state index in [9.17, 15) is 14.7 Å². The highest BCUT2D eigenvalue weighted by Crippen LogP contribution is 2.13. The van der Waals surface area contributed by atoms with E-state index in [1.807, 2.05) is 6.07 Å². The van der Waals surface area contributed by atoms with Crippen molar-refractivity contribution in [1.82, 2.24) is 10.3 Å². The van der Waals surface area contributed by atoms with Crippen molar-refractivity contribution >= 4 is 23.5 Å². The Morgan fingerprint density at radius 3 is 2.64 bits per heavy atom. The summed E-state index contributed by atoms with van der Waals surface area (Å²) in [6.45, 7) is 0.0971. The van der Waals surface area contributed by atoms with Crippen LogP contribution in [0.4, 0.5) is 10.6 Å². The summed E-state index contributed by atoms with van der Waals surface area (Å²) in [5, 5.41) is 15.8. The number of hydrogen-bond acceptors (Lipinski definition) is 5. The first-order valence-corrected chi connectivity index (χ1v) is 8.44. The topological polar surface area (TPSA) is 104 Å². The lowest BCUT2D eigenvalue weighted by Crippen LogP contribution is -2.31. The fourth-order valence-electron chi connectivity index (χ4n) is 2.28. The van der Waals surface area contributed by atoms with Gasteiger partial charge in [-0.2, -0.15) is 0 Å². The Labute approximate surface area is 162 Å². The minimum atomic E-state index is -1.15. The second-order valence-corrected chi connectivity index (χ2v) is 5.53. The molecule has 2 aromatic rings. The molecule has 0 spiro atoms. The molecule has 8 heteroatoms. The minimum Gasteiger partial charge on any atom is -0.465 e. The van der Waals surface area contributed by atoms with Crippen molar-refractivity contribution in [3.63, 3.8) is 0 Å². The van der Waals surface area contributed by atoms with Gasteiger partial charge in [0, 0.05) is 25.6 Å². The van der Waals surface area contributed by atoms with E-state index in [0.717, 1.165) is 4.90 Å². The second-order valence-electron chi connectivity index (χ2n) is 5.53. The molecule has 0 aliphatic rings. The third-order valence-corrected chi connectivity index (χ3v) is 3.64. The highest BCUT2D eigenvalue weighted by Gasteiger charge is 2.16. The third kappa shape index (κ3) is 5.57. The van der Waals surface area contributed by atoms with Crippen molar-refractivity contribution in [1.29, 1.82) is 0 Å². The molecule has 1 aromatic carbocycles. The lowest BCUT2D eigenvalue weighted by atomic mass is 10.1. The van der Waals surface area contributed by atoms with E-state index in [-0.39, 0.29) is 37.0 Å². The molecule has 2 rings (SSSR count). The summed E-state index contributed by atoms with van der Waals surface area (Å²) in [4.78, 5) is 34.1. The first-order valence-electron chi connectivity index (χ1n) is 8.44. The highest BCUT2D eigenvalue weighted by molar-refractivity contribution is 6.45. The molecule has 2 amide bonds. The zero-order valence-electron chi connectivity index (χ0n) is 15.3. The number of nitrogens with one attached hydrogen (secondary N) is 1. The van der Waals surface area contributed by atoms with Gasteiger partial charge in [-0.05, 0) is 12.1 Å². The molecule has 0 fully saturated rings. The number of terminal acetylenes is 1. The van der Waals surface area contributed by atoms with Crippen molar-refractivity contribution in [2.24, 2.45) is 5.16 Å². The molecule has 0 atom stereocenters. The van der Waals surface area contributed by atoms with Crippen LogP contribution < -0.4 is 10.2 Å². The number of carbonyl (C=O) groups excluding carboxylic acids is 1. The number of benzene rings is 1. The third-order valence-electron chi connectivity index (χ3n) is 3.64. The van der Waals surface area contributed by atoms with Gasteiger partial charge in [0.15, 0.2) is 12.3 Å². The molecule has 0 saturated carbocycles. The SMILES string of the molecule is C#CCCN(C(=O)O)c1cccc(CON=C(C(=O)NC)c2ccccc2)n1. The normalized spacial score (nSPS) is 10.6.